The molecular formula is C13H19FN2O4S. The second-order valence-electron chi connectivity index (χ2n) is 4.83. The third-order valence-electron chi connectivity index (χ3n) is 2.72. The number of carbonyl (C=O) groups is 1. The third-order valence-corrected chi connectivity index (χ3v) is 3.63. The van der Waals surface area contributed by atoms with Gasteiger partial charge in [-0.1, -0.05) is 0 Å². The van der Waals surface area contributed by atoms with Gasteiger partial charge in [-0.2, -0.15) is 0 Å². The lowest BCUT2D eigenvalue weighted by atomic mass is 10.2. The van der Waals surface area contributed by atoms with E-state index in [9.17, 15) is 17.6 Å². The van der Waals surface area contributed by atoms with E-state index in [0.717, 1.165) is 18.2 Å². The van der Waals surface area contributed by atoms with Gasteiger partial charge in [-0.25, -0.2) is 17.9 Å². The summed E-state index contributed by atoms with van der Waals surface area (Å²) < 4.78 is 41.5. The predicted molar refractivity (Wildman–Crippen MR) is 75.8 cm³/mol. The monoisotopic (exact) mass is 318 g/mol. The van der Waals surface area contributed by atoms with Gasteiger partial charge in [0.05, 0.1) is 23.2 Å². The number of carbonyl (C=O) groups excluding carboxylic acids is 1. The summed E-state index contributed by atoms with van der Waals surface area (Å²) in [7, 11) is -2.51. The van der Waals surface area contributed by atoms with E-state index in [1.54, 1.807) is 0 Å². The maximum atomic E-state index is 13.7. The molecule has 0 aromatic heterocycles. The summed E-state index contributed by atoms with van der Waals surface area (Å²) in [4.78, 5) is 13.1. The second kappa shape index (κ2) is 6.97. The highest BCUT2D eigenvalue weighted by atomic mass is 32.2. The van der Waals surface area contributed by atoms with E-state index in [2.05, 4.69) is 0 Å². The van der Waals surface area contributed by atoms with Crippen LogP contribution in [0.3, 0.4) is 0 Å². The summed E-state index contributed by atoms with van der Waals surface area (Å²) in [6, 6.07) is 2.86. The molecule has 0 heterocycles. The lowest BCUT2D eigenvalue weighted by Crippen LogP contribution is -2.31. The summed E-state index contributed by atoms with van der Waals surface area (Å²) >= 11 is 0. The molecule has 1 rings (SSSR count). The fourth-order valence-electron chi connectivity index (χ4n) is 1.58. The normalized spacial score (nSPS) is 11.7. The van der Waals surface area contributed by atoms with Gasteiger partial charge in [0.1, 0.15) is 5.82 Å². The van der Waals surface area contributed by atoms with Crippen molar-refractivity contribution in [1.82, 2.24) is 4.90 Å². The third kappa shape index (κ3) is 5.07. The molecule has 8 heteroatoms. The summed E-state index contributed by atoms with van der Waals surface area (Å²) in [5.74, 6) is -1.44. The Kier molecular flexibility index (Phi) is 5.82. The van der Waals surface area contributed by atoms with Gasteiger partial charge in [-0.3, -0.25) is 4.79 Å². The van der Waals surface area contributed by atoms with Gasteiger partial charge in [0, 0.05) is 13.6 Å². The number of nitrogens with zero attached hydrogens (tertiary/aromatic N) is 1. The van der Waals surface area contributed by atoms with Crippen molar-refractivity contribution in [3.05, 3.63) is 29.6 Å². The molecular weight excluding hydrogens is 299 g/mol. The van der Waals surface area contributed by atoms with Crippen molar-refractivity contribution in [3.8, 4) is 0 Å². The van der Waals surface area contributed by atoms with E-state index in [4.69, 9.17) is 9.88 Å². The first-order chi connectivity index (χ1) is 9.62. The summed E-state index contributed by atoms with van der Waals surface area (Å²) in [6.07, 6.45) is 0.0240. The number of hydrogen-bond acceptors (Lipinski definition) is 4. The van der Waals surface area contributed by atoms with E-state index in [1.807, 2.05) is 13.8 Å². The minimum atomic E-state index is -3.99. The number of hydrogen-bond donors (Lipinski definition) is 1. The van der Waals surface area contributed by atoms with Crippen molar-refractivity contribution in [2.24, 2.45) is 5.14 Å². The van der Waals surface area contributed by atoms with Crippen LogP contribution in [0.15, 0.2) is 23.1 Å². The van der Waals surface area contributed by atoms with Gasteiger partial charge < -0.3 is 9.64 Å². The smallest absolute Gasteiger partial charge is 0.256 e. The van der Waals surface area contributed by atoms with E-state index in [-0.39, 0.29) is 23.1 Å². The molecule has 0 unspecified atom stereocenters. The number of ether oxygens (including phenoxy) is 1. The number of halogens is 1. The van der Waals surface area contributed by atoms with Crippen molar-refractivity contribution < 1.29 is 22.3 Å². The maximum Gasteiger partial charge on any atom is 0.256 e. The molecule has 0 radical (unpaired) electrons. The van der Waals surface area contributed by atoms with Crippen molar-refractivity contribution in [2.45, 2.75) is 24.8 Å². The van der Waals surface area contributed by atoms with Crippen molar-refractivity contribution in [2.75, 3.05) is 20.2 Å². The van der Waals surface area contributed by atoms with E-state index < -0.39 is 21.7 Å². The first kappa shape index (κ1) is 17.5. The molecule has 2 N–H and O–H groups in total. The van der Waals surface area contributed by atoms with Crippen LogP contribution in [-0.2, 0) is 14.8 Å². The number of primary sulfonamides is 1. The highest BCUT2D eigenvalue weighted by Gasteiger charge is 2.19. The van der Waals surface area contributed by atoms with E-state index in [1.165, 1.54) is 11.9 Å². The molecule has 0 aliphatic heterocycles. The SMILES string of the molecule is CC(C)OCCN(C)C(=O)c1cc(S(N)(=O)=O)ccc1F. The van der Waals surface area contributed by atoms with Crippen LogP contribution in [0.1, 0.15) is 24.2 Å². The minimum absolute atomic E-state index is 0.0240. The Morgan fingerprint density at radius 1 is 1.43 bits per heavy atom. The van der Waals surface area contributed by atoms with Crippen LogP contribution in [0, 0.1) is 5.82 Å². The van der Waals surface area contributed by atoms with Crippen molar-refractivity contribution in [1.29, 1.82) is 0 Å². The quantitative estimate of drug-likeness (QED) is 0.846. The molecule has 0 saturated heterocycles. The molecule has 0 saturated carbocycles. The first-order valence-corrected chi connectivity index (χ1v) is 7.87. The fourth-order valence-corrected chi connectivity index (χ4v) is 2.12. The van der Waals surface area contributed by atoms with Gasteiger partial charge in [-0.05, 0) is 32.0 Å². The molecule has 0 spiro atoms. The topological polar surface area (TPSA) is 89.7 Å². The molecule has 118 valence electrons. The Balaban J connectivity index is 2.91. The molecule has 6 nitrogen and oxygen atoms in total. The Morgan fingerprint density at radius 3 is 2.57 bits per heavy atom. The Bertz CT molecular complexity index is 617. The molecule has 1 aromatic rings. The molecule has 0 fully saturated rings. The van der Waals surface area contributed by atoms with Gasteiger partial charge in [0.15, 0.2) is 0 Å². The van der Waals surface area contributed by atoms with Crippen molar-refractivity contribution >= 4 is 15.9 Å². The van der Waals surface area contributed by atoms with Gasteiger partial charge in [0.25, 0.3) is 5.91 Å². The van der Waals surface area contributed by atoms with Crippen LogP contribution in [0.5, 0.6) is 0 Å². The largest absolute Gasteiger partial charge is 0.377 e. The number of likely N-dealkylation sites (N-methyl/N-ethyl adjacent to an activating group) is 1. The van der Waals surface area contributed by atoms with Crippen LogP contribution in [0.4, 0.5) is 4.39 Å². The highest BCUT2D eigenvalue weighted by Crippen LogP contribution is 2.15. The van der Waals surface area contributed by atoms with Crippen LogP contribution in [0.2, 0.25) is 0 Å². The van der Waals surface area contributed by atoms with Crippen LogP contribution in [0.25, 0.3) is 0 Å². The average molecular weight is 318 g/mol. The molecule has 21 heavy (non-hydrogen) atoms. The maximum absolute atomic E-state index is 13.7. The van der Waals surface area contributed by atoms with Gasteiger partial charge >= 0.3 is 0 Å². The van der Waals surface area contributed by atoms with Gasteiger partial charge in [-0.15, -0.1) is 0 Å². The van der Waals surface area contributed by atoms with Crippen LogP contribution < -0.4 is 5.14 Å². The lowest BCUT2D eigenvalue weighted by molar-refractivity contribution is 0.0529. The number of amides is 1. The predicted octanol–water partition coefficient (Wildman–Crippen LogP) is 0.970. The number of nitrogens with two attached hydrogens (primary N) is 1. The molecule has 0 aliphatic carbocycles. The zero-order chi connectivity index (χ0) is 16.2. The number of rotatable bonds is 6. The summed E-state index contributed by atoms with van der Waals surface area (Å²) in [5.41, 5.74) is -0.339. The molecule has 0 aliphatic rings. The standard InChI is InChI=1S/C13H19FN2O4S/c1-9(2)20-7-6-16(3)13(17)11-8-10(21(15,18)19)4-5-12(11)14/h4-5,8-9H,6-7H2,1-3H3,(H2,15,18,19). The Labute approximate surface area is 123 Å². The number of benzene rings is 1. The minimum Gasteiger partial charge on any atom is -0.377 e. The first-order valence-electron chi connectivity index (χ1n) is 6.32. The van der Waals surface area contributed by atoms with Crippen LogP contribution in [-0.4, -0.2) is 45.5 Å². The molecule has 0 bridgehead atoms. The molecule has 1 aromatic carbocycles. The Hall–Kier alpha value is -1.51. The zero-order valence-corrected chi connectivity index (χ0v) is 13.0. The molecule has 1 amide bonds. The highest BCUT2D eigenvalue weighted by molar-refractivity contribution is 7.89. The lowest BCUT2D eigenvalue weighted by Gasteiger charge is -2.18. The fraction of sp³-hybridized carbons (Fsp3) is 0.462. The van der Waals surface area contributed by atoms with E-state index >= 15 is 0 Å². The zero-order valence-electron chi connectivity index (χ0n) is 12.2. The summed E-state index contributed by atoms with van der Waals surface area (Å²) in [6.45, 7) is 4.28. The Morgan fingerprint density at radius 2 is 2.05 bits per heavy atom. The molecule has 0 atom stereocenters. The van der Waals surface area contributed by atoms with E-state index in [0.29, 0.717) is 6.61 Å². The van der Waals surface area contributed by atoms with Crippen molar-refractivity contribution in [3.63, 3.8) is 0 Å². The van der Waals surface area contributed by atoms with Crippen LogP contribution >= 0.6 is 0 Å². The number of sulfonamides is 1. The summed E-state index contributed by atoms with van der Waals surface area (Å²) in [5, 5.41) is 4.97. The van der Waals surface area contributed by atoms with Gasteiger partial charge in [0.2, 0.25) is 10.0 Å². The average Bonchev–Trinajstić information content (AvgIpc) is 2.36. The second-order valence-corrected chi connectivity index (χ2v) is 6.39.